The first-order valence-corrected chi connectivity index (χ1v) is 14.9. The SMILES string of the molecule is C=CCn1c(SCC(=O)Nc2sc3c(c2C#N)CCCCC3)nc2scc(-c3ccc(C)cc3)c2c1=O. The van der Waals surface area contributed by atoms with E-state index in [1.807, 2.05) is 36.6 Å². The van der Waals surface area contributed by atoms with Gasteiger partial charge in [-0.25, -0.2) is 4.98 Å². The number of carbonyl (C=O) groups excluding carboxylic acids is 1. The van der Waals surface area contributed by atoms with Gasteiger partial charge in [0.05, 0.1) is 16.7 Å². The van der Waals surface area contributed by atoms with Crippen molar-refractivity contribution in [2.45, 2.75) is 50.7 Å². The first-order chi connectivity index (χ1) is 18.0. The van der Waals surface area contributed by atoms with Crippen molar-refractivity contribution in [2.75, 3.05) is 11.1 Å². The van der Waals surface area contributed by atoms with Gasteiger partial charge in [-0.3, -0.25) is 14.2 Å². The van der Waals surface area contributed by atoms with Gasteiger partial charge in [-0.2, -0.15) is 5.26 Å². The number of nitrogens with zero attached hydrogens (tertiary/aromatic N) is 3. The predicted molar refractivity (Wildman–Crippen MR) is 154 cm³/mol. The average Bonchev–Trinajstić information content (AvgIpc) is 3.38. The van der Waals surface area contributed by atoms with E-state index in [0.29, 0.717) is 32.5 Å². The zero-order valence-electron chi connectivity index (χ0n) is 20.5. The third kappa shape index (κ3) is 5.14. The van der Waals surface area contributed by atoms with Crippen molar-refractivity contribution >= 4 is 55.6 Å². The van der Waals surface area contributed by atoms with Gasteiger partial charge in [-0.1, -0.05) is 54.1 Å². The van der Waals surface area contributed by atoms with Crippen molar-refractivity contribution in [2.24, 2.45) is 0 Å². The smallest absolute Gasteiger partial charge is 0.263 e. The molecule has 1 aliphatic rings. The molecular formula is C28H26N4O2S3. The highest BCUT2D eigenvalue weighted by atomic mass is 32.2. The molecule has 0 spiro atoms. The summed E-state index contributed by atoms with van der Waals surface area (Å²) in [4.78, 5) is 33.1. The van der Waals surface area contributed by atoms with Gasteiger partial charge in [0.2, 0.25) is 5.91 Å². The van der Waals surface area contributed by atoms with E-state index < -0.39 is 0 Å². The molecule has 0 fully saturated rings. The van der Waals surface area contributed by atoms with Crippen LogP contribution >= 0.6 is 34.4 Å². The fourth-order valence-corrected chi connectivity index (χ4v) is 7.65. The Bertz CT molecular complexity index is 1590. The summed E-state index contributed by atoms with van der Waals surface area (Å²) >= 11 is 4.17. The van der Waals surface area contributed by atoms with Crippen LogP contribution in [0, 0.1) is 18.3 Å². The van der Waals surface area contributed by atoms with Gasteiger partial charge >= 0.3 is 0 Å². The number of rotatable bonds is 7. The van der Waals surface area contributed by atoms with E-state index in [4.69, 9.17) is 4.98 Å². The maximum Gasteiger partial charge on any atom is 0.263 e. The summed E-state index contributed by atoms with van der Waals surface area (Å²) in [6, 6.07) is 10.4. The summed E-state index contributed by atoms with van der Waals surface area (Å²) < 4.78 is 1.58. The van der Waals surface area contributed by atoms with E-state index in [2.05, 4.69) is 18.0 Å². The number of nitrogens with one attached hydrogen (secondary N) is 1. The second-order valence-electron chi connectivity index (χ2n) is 9.01. The van der Waals surface area contributed by atoms with E-state index in [9.17, 15) is 14.9 Å². The summed E-state index contributed by atoms with van der Waals surface area (Å²) in [7, 11) is 0. The van der Waals surface area contributed by atoms with Crippen molar-refractivity contribution in [1.29, 1.82) is 5.26 Å². The predicted octanol–water partition coefficient (Wildman–Crippen LogP) is 6.55. The third-order valence-electron chi connectivity index (χ3n) is 6.45. The minimum Gasteiger partial charge on any atom is -0.316 e. The lowest BCUT2D eigenvalue weighted by Crippen LogP contribution is -2.23. The summed E-state index contributed by atoms with van der Waals surface area (Å²) in [6.45, 7) is 6.13. The fraction of sp³-hybridized carbons (Fsp3) is 0.286. The van der Waals surface area contributed by atoms with Gasteiger partial charge in [0.1, 0.15) is 15.9 Å². The number of fused-ring (bicyclic) bond motifs is 2. The van der Waals surface area contributed by atoms with Gasteiger partial charge < -0.3 is 5.32 Å². The molecule has 188 valence electrons. The quantitative estimate of drug-likeness (QED) is 0.123. The molecule has 37 heavy (non-hydrogen) atoms. The van der Waals surface area contributed by atoms with Crippen LogP contribution in [-0.2, 0) is 24.2 Å². The van der Waals surface area contributed by atoms with Crippen LogP contribution in [0.25, 0.3) is 21.3 Å². The maximum absolute atomic E-state index is 13.6. The van der Waals surface area contributed by atoms with E-state index in [1.165, 1.54) is 45.7 Å². The normalized spacial score (nSPS) is 13.1. The Hall–Kier alpha value is -3.19. The number of thiophene rings is 2. The van der Waals surface area contributed by atoms with Crippen molar-refractivity contribution in [3.63, 3.8) is 0 Å². The highest BCUT2D eigenvalue weighted by Crippen LogP contribution is 2.37. The molecule has 9 heteroatoms. The van der Waals surface area contributed by atoms with Crippen LogP contribution < -0.4 is 10.9 Å². The van der Waals surface area contributed by atoms with Crippen LogP contribution in [-0.4, -0.2) is 21.2 Å². The Labute approximate surface area is 227 Å². The van der Waals surface area contributed by atoms with Crippen molar-refractivity contribution in [3.8, 4) is 17.2 Å². The Morgan fingerprint density at radius 2 is 2.05 bits per heavy atom. The molecule has 0 bridgehead atoms. The van der Waals surface area contributed by atoms with Crippen LogP contribution in [0.1, 0.15) is 40.8 Å². The molecule has 0 saturated carbocycles. The topological polar surface area (TPSA) is 87.8 Å². The fourth-order valence-electron chi connectivity index (χ4n) is 4.59. The Balaban J connectivity index is 1.40. The van der Waals surface area contributed by atoms with Gasteiger partial charge in [-0.15, -0.1) is 29.3 Å². The molecule has 4 aromatic rings. The van der Waals surface area contributed by atoms with E-state index in [1.54, 1.807) is 10.6 Å². The van der Waals surface area contributed by atoms with Crippen LogP contribution in [0.2, 0.25) is 0 Å². The first kappa shape index (κ1) is 25.5. The molecule has 0 radical (unpaired) electrons. The highest BCUT2D eigenvalue weighted by Gasteiger charge is 2.22. The average molecular weight is 547 g/mol. The Morgan fingerprint density at radius 3 is 2.81 bits per heavy atom. The van der Waals surface area contributed by atoms with Crippen molar-refractivity contribution < 1.29 is 4.79 Å². The minimum atomic E-state index is -0.219. The van der Waals surface area contributed by atoms with Gasteiger partial charge in [-0.05, 0) is 43.7 Å². The lowest BCUT2D eigenvalue weighted by atomic mass is 10.1. The molecule has 1 aliphatic carbocycles. The number of carbonyl (C=O) groups is 1. The lowest BCUT2D eigenvalue weighted by Gasteiger charge is -2.11. The molecule has 1 amide bonds. The second kappa shape index (κ2) is 11.1. The van der Waals surface area contributed by atoms with E-state index >= 15 is 0 Å². The van der Waals surface area contributed by atoms with Crippen LogP contribution in [0.3, 0.4) is 0 Å². The molecule has 1 N–H and O–H groups in total. The Kier molecular flexibility index (Phi) is 7.60. The molecule has 3 aromatic heterocycles. The molecule has 3 heterocycles. The van der Waals surface area contributed by atoms with Crippen LogP contribution in [0.4, 0.5) is 5.00 Å². The monoisotopic (exact) mass is 546 g/mol. The van der Waals surface area contributed by atoms with Crippen LogP contribution in [0.15, 0.2) is 52.3 Å². The van der Waals surface area contributed by atoms with E-state index in [0.717, 1.165) is 47.9 Å². The molecule has 1 aromatic carbocycles. The van der Waals surface area contributed by atoms with Gasteiger partial charge in [0, 0.05) is 22.4 Å². The molecule has 0 aliphatic heterocycles. The minimum absolute atomic E-state index is 0.0821. The number of anilines is 1. The lowest BCUT2D eigenvalue weighted by molar-refractivity contribution is -0.113. The number of nitriles is 1. The van der Waals surface area contributed by atoms with Gasteiger partial charge in [0.25, 0.3) is 5.56 Å². The second-order valence-corrected chi connectivity index (χ2v) is 11.9. The number of thioether (sulfide) groups is 1. The van der Waals surface area contributed by atoms with Crippen molar-refractivity contribution in [3.05, 3.63) is 74.2 Å². The third-order valence-corrected chi connectivity index (χ3v) is 9.51. The molecule has 0 unspecified atom stereocenters. The first-order valence-electron chi connectivity index (χ1n) is 12.2. The summed E-state index contributed by atoms with van der Waals surface area (Å²) in [5, 5.41) is 16.4. The maximum atomic E-state index is 13.6. The molecular weight excluding hydrogens is 521 g/mol. The summed E-state index contributed by atoms with van der Waals surface area (Å²) in [6.07, 6.45) is 6.88. The number of benzene rings is 1. The number of allylic oxidation sites excluding steroid dienone is 1. The molecule has 0 atom stereocenters. The van der Waals surface area contributed by atoms with Crippen molar-refractivity contribution in [1.82, 2.24) is 9.55 Å². The number of aryl methyl sites for hydroxylation is 2. The highest BCUT2D eigenvalue weighted by molar-refractivity contribution is 7.99. The number of aromatic nitrogens is 2. The molecule has 6 nitrogen and oxygen atoms in total. The number of amides is 1. The van der Waals surface area contributed by atoms with Gasteiger partial charge in [0.15, 0.2) is 5.16 Å². The molecule has 5 rings (SSSR count). The molecule has 0 saturated heterocycles. The van der Waals surface area contributed by atoms with Crippen LogP contribution in [0.5, 0.6) is 0 Å². The largest absolute Gasteiger partial charge is 0.316 e. The number of hydrogen-bond donors (Lipinski definition) is 1. The zero-order chi connectivity index (χ0) is 25.9. The number of hydrogen-bond acceptors (Lipinski definition) is 7. The summed E-state index contributed by atoms with van der Waals surface area (Å²) in [5.41, 5.74) is 4.56. The zero-order valence-corrected chi connectivity index (χ0v) is 23.0. The van der Waals surface area contributed by atoms with E-state index in [-0.39, 0.29) is 17.2 Å². The summed E-state index contributed by atoms with van der Waals surface area (Å²) in [5.74, 6) is -0.137. The Morgan fingerprint density at radius 1 is 1.27 bits per heavy atom. The standard InChI is InChI=1S/C28H26N4O2S3/c1-3-13-32-27(34)24-21(18-11-9-17(2)10-12-18)15-35-26(24)31-28(32)36-16-23(33)30-25-20(14-29)19-7-5-4-6-8-22(19)37-25/h3,9-12,15H,1,4-8,13,16H2,2H3,(H,30,33).